The van der Waals surface area contributed by atoms with Gasteiger partial charge in [0.1, 0.15) is 11.9 Å². The van der Waals surface area contributed by atoms with Crippen molar-refractivity contribution in [1.82, 2.24) is 0 Å². The molecule has 10 aliphatic carbocycles. The van der Waals surface area contributed by atoms with E-state index in [4.69, 9.17) is 4.74 Å². The molecule has 1 fully saturated rings. The molecule has 0 saturated carbocycles. The van der Waals surface area contributed by atoms with Crippen LogP contribution in [0, 0.1) is 52.8 Å². The summed E-state index contributed by atoms with van der Waals surface area (Å²) in [6.45, 7) is 0. The highest BCUT2D eigenvalue weighted by Crippen LogP contribution is 2.68. The first-order valence-corrected chi connectivity index (χ1v) is 24.2. The van der Waals surface area contributed by atoms with E-state index < -0.39 is 0 Å². The molecule has 1 aromatic carbocycles. The number of rotatable bonds is 4. The highest BCUT2D eigenvalue weighted by atomic mass is 16.5. The van der Waals surface area contributed by atoms with E-state index in [1.54, 1.807) is 33.4 Å². The van der Waals surface area contributed by atoms with Gasteiger partial charge in [-0.05, 0) is 183 Å². The Morgan fingerprint density at radius 1 is 0.717 bits per heavy atom. The van der Waals surface area contributed by atoms with Gasteiger partial charge in [0.2, 0.25) is 0 Å². The molecule has 12 rings (SSSR count). The van der Waals surface area contributed by atoms with Crippen LogP contribution in [0.15, 0.2) is 160 Å². The summed E-state index contributed by atoms with van der Waals surface area (Å²) in [6.07, 6.45) is 59.1. The molecule has 304 valence electrons. The molecule has 1 aliphatic heterocycles. The number of nitrogens with zero attached hydrogens (tertiary/aromatic N) is 1. The molecule has 11 aliphatic rings. The number of fused-ring (bicyclic) bond motifs is 11. The number of benzene rings is 1. The summed E-state index contributed by atoms with van der Waals surface area (Å²) in [5.74, 6) is 5.41. The quantitative estimate of drug-likeness (QED) is 0.285. The van der Waals surface area contributed by atoms with E-state index in [0.717, 1.165) is 38.5 Å². The first kappa shape index (κ1) is 37.2. The van der Waals surface area contributed by atoms with Crippen LogP contribution in [0.25, 0.3) is 0 Å². The van der Waals surface area contributed by atoms with Gasteiger partial charge in [-0.25, -0.2) is 0 Å². The Hall–Kier alpha value is -4.61. The van der Waals surface area contributed by atoms with Gasteiger partial charge >= 0.3 is 0 Å². The van der Waals surface area contributed by atoms with Crippen molar-refractivity contribution in [3.63, 3.8) is 0 Å². The van der Waals surface area contributed by atoms with Crippen LogP contribution in [-0.2, 0) is 10.2 Å². The number of allylic oxidation sites excluding steroid dienone is 22. The van der Waals surface area contributed by atoms with Gasteiger partial charge in [-0.2, -0.15) is 5.26 Å². The maximum absolute atomic E-state index is 9.42. The van der Waals surface area contributed by atoms with E-state index in [-0.39, 0.29) is 17.4 Å². The van der Waals surface area contributed by atoms with Crippen molar-refractivity contribution in [3.05, 3.63) is 177 Å². The van der Waals surface area contributed by atoms with E-state index in [0.29, 0.717) is 47.3 Å². The van der Waals surface area contributed by atoms with Crippen molar-refractivity contribution in [2.45, 2.75) is 126 Å². The van der Waals surface area contributed by atoms with E-state index in [2.05, 4.69) is 121 Å². The van der Waals surface area contributed by atoms with Crippen LogP contribution < -0.4 is 0 Å². The van der Waals surface area contributed by atoms with E-state index >= 15 is 0 Å². The minimum Gasteiger partial charge on any atom is -0.490 e. The molecule has 2 heteroatoms. The fraction of sp³-hybridized carbons (Fsp3) is 0.466. The Labute approximate surface area is 359 Å². The lowest BCUT2D eigenvalue weighted by Crippen LogP contribution is -2.53. The molecular formula is C58H61NO. The van der Waals surface area contributed by atoms with Gasteiger partial charge in [0.15, 0.2) is 0 Å². The van der Waals surface area contributed by atoms with Crippen LogP contribution in [0.1, 0.15) is 131 Å². The van der Waals surface area contributed by atoms with Gasteiger partial charge in [0.05, 0.1) is 12.0 Å². The Balaban J connectivity index is 0.985. The minimum atomic E-state index is -0.0982. The SMILES string of the molecule is N#CC1C=CC(C2=CCC(c3ccc4c(c3)C3(C5=CCCC=C5OC5CCC(C6=C7C=CCCC7C(C7=CCCCC7)C7C=CCCC67)=CC53)C3CCC=CC43)C=C2)=CC1. The Bertz CT molecular complexity index is 2400. The lowest BCUT2D eigenvalue weighted by Gasteiger charge is -2.55. The molecule has 60 heavy (non-hydrogen) atoms. The second kappa shape index (κ2) is 15.1. The highest BCUT2D eigenvalue weighted by Gasteiger charge is 2.63. The summed E-state index contributed by atoms with van der Waals surface area (Å²) >= 11 is 0. The van der Waals surface area contributed by atoms with Gasteiger partial charge in [0.25, 0.3) is 0 Å². The Kier molecular flexibility index (Phi) is 9.34. The number of hydrogen-bond acceptors (Lipinski definition) is 2. The summed E-state index contributed by atoms with van der Waals surface area (Å²) in [5, 5.41) is 9.42. The minimum absolute atomic E-state index is 0.000264. The highest BCUT2D eigenvalue weighted by molar-refractivity contribution is 5.63. The van der Waals surface area contributed by atoms with E-state index in [1.165, 1.54) is 92.3 Å². The topological polar surface area (TPSA) is 33.0 Å². The zero-order valence-electron chi connectivity index (χ0n) is 35.4. The van der Waals surface area contributed by atoms with Crippen molar-refractivity contribution >= 4 is 0 Å². The molecular weight excluding hydrogens is 727 g/mol. The zero-order valence-corrected chi connectivity index (χ0v) is 35.4. The third kappa shape index (κ3) is 5.77. The molecule has 1 aromatic rings. The maximum atomic E-state index is 9.42. The molecule has 2 nitrogen and oxygen atoms in total. The smallest absolute Gasteiger partial charge is 0.119 e. The monoisotopic (exact) mass is 787 g/mol. The lowest BCUT2D eigenvalue weighted by molar-refractivity contribution is -0.00412. The predicted octanol–water partition coefficient (Wildman–Crippen LogP) is 14.3. The molecule has 0 N–H and O–H groups in total. The fourth-order valence-corrected chi connectivity index (χ4v) is 14.8. The third-order valence-electron chi connectivity index (χ3n) is 17.3. The number of nitriles is 1. The maximum Gasteiger partial charge on any atom is 0.119 e. The van der Waals surface area contributed by atoms with Crippen LogP contribution >= 0.6 is 0 Å². The van der Waals surface area contributed by atoms with Crippen molar-refractivity contribution in [2.75, 3.05) is 0 Å². The summed E-state index contributed by atoms with van der Waals surface area (Å²) in [6, 6.07) is 10.1. The van der Waals surface area contributed by atoms with Gasteiger partial charge < -0.3 is 4.74 Å². The summed E-state index contributed by atoms with van der Waals surface area (Å²) < 4.78 is 7.28. The summed E-state index contributed by atoms with van der Waals surface area (Å²) in [5.41, 5.74) is 15.6. The summed E-state index contributed by atoms with van der Waals surface area (Å²) in [4.78, 5) is 0. The third-order valence-corrected chi connectivity index (χ3v) is 17.3. The van der Waals surface area contributed by atoms with Crippen LogP contribution in [0.5, 0.6) is 0 Å². The van der Waals surface area contributed by atoms with Crippen molar-refractivity contribution in [3.8, 4) is 6.07 Å². The standard InChI is InChI=1S/C58H61NO/c59-36-37-22-24-38(25-23-37)39-26-28-40(29-27-39)42-30-32-45-44-14-8-9-19-50(44)58(52(45)34-42)51-20-10-11-21-54(51)60-55-33-31-43(35-53(55)58)57-48-17-6-4-15-46(48)56(41-12-2-1-3-13-41)47-16-5-7-18-49(47)57/h4,7-8,12,14-15,18,20-22,24-28,30,32,34-35,37,40,44,46-48,50,53,55-56H,1-3,5-6,9-11,13,16-17,19,23,29,31,33H2. The molecule has 11 unspecified atom stereocenters. The first-order valence-electron chi connectivity index (χ1n) is 24.2. The van der Waals surface area contributed by atoms with Crippen LogP contribution in [0.4, 0.5) is 0 Å². The molecule has 0 radical (unpaired) electrons. The molecule has 1 spiro atoms. The van der Waals surface area contributed by atoms with Gasteiger partial charge in [-0.3, -0.25) is 0 Å². The lowest BCUT2D eigenvalue weighted by atomic mass is 9.52. The molecule has 0 bridgehead atoms. The van der Waals surface area contributed by atoms with Crippen molar-refractivity contribution < 1.29 is 4.74 Å². The molecule has 0 aromatic heterocycles. The normalized spacial score (nSPS) is 38.3. The fourth-order valence-electron chi connectivity index (χ4n) is 14.8. The van der Waals surface area contributed by atoms with Gasteiger partial charge in [0, 0.05) is 28.7 Å². The second-order valence-corrected chi connectivity index (χ2v) is 20.1. The zero-order chi connectivity index (χ0) is 39.8. The Morgan fingerprint density at radius 3 is 2.42 bits per heavy atom. The largest absolute Gasteiger partial charge is 0.490 e. The molecule has 0 amide bonds. The predicted molar refractivity (Wildman–Crippen MR) is 244 cm³/mol. The Morgan fingerprint density at radius 2 is 1.57 bits per heavy atom. The average molecular weight is 788 g/mol. The van der Waals surface area contributed by atoms with E-state index in [1.807, 2.05) is 0 Å². The van der Waals surface area contributed by atoms with Crippen LogP contribution in [-0.4, -0.2) is 6.10 Å². The summed E-state index contributed by atoms with van der Waals surface area (Å²) in [7, 11) is 0. The molecule has 11 atom stereocenters. The van der Waals surface area contributed by atoms with Gasteiger partial charge in [-0.1, -0.05) is 115 Å². The van der Waals surface area contributed by atoms with Crippen molar-refractivity contribution in [1.29, 1.82) is 5.26 Å². The first-order chi connectivity index (χ1) is 29.7. The van der Waals surface area contributed by atoms with Crippen LogP contribution in [0.3, 0.4) is 0 Å². The molecule has 1 saturated heterocycles. The number of ether oxygens (including phenoxy) is 1. The number of hydrogen-bond donors (Lipinski definition) is 0. The van der Waals surface area contributed by atoms with Gasteiger partial charge in [-0.15, -0.1) is 0 Å². The molecule has 1 heterocycles. The van der Waals surface area contributed by atoms with Crippen molar-refractivity contribution in [2.24, 2.45) is 41.4 Å². The average Bonchev–Trinajstić information content (AvgIpc) is 3.61. The van der Waals surface area contributed by atoms with Crippen LogP contribution in [0.2, 0.25) is 0 Å². The second-order valence-electron chi connectivity index (χ2n) is 20.1. The van der Waals surface area contributed by atoms with E-state index in [9.17, 15) is 5.26 Å².